The molecule has 3 aromatic rings. The van der Waals surface area contributed by atoms with Gasteiger partial charge in [-0.25, -0.2) is 13.2 Å². The molecule has 0 aliphatic carbocycles. The highest BCUT2D eigenvalue weighted by Gasteiger charge is 2.23. The van der Waals surface area contributed by atoms with Crippen LogP contribution in [0.3, 0.4) is 0 Å². The summed E-state index contributed by atoms with van der Waals surface area (Å²) in [5.74, 6) is -3.16. The summed E-state index contributed by atoms with van der Waals surface area (Å²) >= 11 is 0. The van der Waals surface area contributed by atoms with E-state index in [-0.39, 0.29) is 17.3 Å². The van der Waals surface area contributed by atoms with Crippen LogP contribution in [-0.4, -0.2) is 33.2 Å². The second-order valence-electron chi connectivity index (χ2n) is 7.75. The molecule has 0 saturated heterocycles. The fourth-order valence-corrected chi connectivity index (χ4v) is 3.22. The molecule has 3 rings (SSSR count). The van der Waals surface area contributed by atoms with Crippen molar-refractivity contribution in [3.8, 4) is 0 Å². The lowest BCUT2D eigenvalue weighted by molar-refractivity contribution is -0.132. The summed E-state index contributed by atoms with van der Waals surface area (Å²) in [6, 6.07) is 8.68. The number of aromatic amines is 1. The summed E-state index contributed by atoms with van der Waals surface area (Å²) in [7, 11) is 0. The molecule has 10 heteroatoms. The van der Waals surface area contributed by atoms with E-state index in [4.69, 9.17) is 0 Å². The first-order chi connectivity index (χ1) is 15.6. The van der Waals surface area contributed by atoms with E-state index in [1.807, 2.05) is 0 Å². The Morgan fingerprint density at radius 1 is 0.939 bits per heavy atom. The Morgan fingerprint density at radius 3 is 2.21 bits per heavy atom. The molecule has 1 heterocycles. The second-order valence-corrected chi connectivity index (χ2v) is 7.75. The Labute approximate surface area is 188 Å². The molecule has 0 spiro atoms. The molecule has 174 valence electrons. The van der Waals surface area contributed by atoms with Crippen molar-refractivity contribution in [3.05, 3.63) is 82.8 Å². The van der Waals surface area contributed by atoms with E-state index in [0.717, 1.165) is 18.2 Å². The van der Waals surface area contributed by atoms with Crippen molar-refractivity contribution < 1.29 is 27.9 Å². The number of hydrogen-bond acceptors (Lipinski definition) is 4. The Morgan fingerprint density at radius 2 is 1.58 bits per heavy atom. The fraction of sp³-hybridized carbons (Fsp3) is 0.261. The molecule has 3 atom stereocenters. The number of halogens is 3. The van der Waals surface area contributed by atoms with Crippen molar-refractivity contribution in [2.24, 2.45) is 0 Å². The van der Waals surface area contributed by atoms with Gasteiger partial charge in [0.05, 0.1) is 5.69 Å². The zero-order valence-corrected chi connectivity index (χ0v) is 17.9. The quantitative estimate of drug-likeness (QED) is 0.414. The zero-order valence-electron chi connectivity index (χ0n) is 17.9. The van der Waals surface area contributed by atoms with Crippen molar-refractivity contribution in [2.45, 2.75) is 38.3 Å². The average Bonchev–Trinajstić information content (AvgIpc) is 3.19. The highest BCUT2D eigenvalue weighted by Crippen LogP contribution is 2.22. The number of H-pyrrole nitrogens is 1. The third-order valence-electron chi connectivity index (χ3n) is 5.04. The van der Waals surface area contributed by atoms with Crippen molar-refractivity contribution in [1.82, 2.24) is 15.5 Å². The third kappa shape index (κ3) is 6.42. The number of aliphatic hydroxyl groups excluding tert-OH is 1. The van der Waals surface area contributed by atoms with E-state index >= 15 is 0 Å². The van der Waals surface area contributed by atoms with Gasteiger partial charge in [-0.15, -0.1) is 0 Å². The highest BCUT2D eigenvalue weighted by atomic mass is 19.1. The van der Waals surface area contributed by atoms with Gasteiger partial charge >= 0.3 is 0 Å². The van der Waals surface area contributed by atoms with Gasteiger partial charge < -0.3 is 15.7 Å². The van der Waals surface area contributed by atoms with Crippen LogP contribution in [0.2, 0.25) is 0 Å². The second kappa shape index (κ2) is 10.3. The molecule has 0 bridgehead atoms. The Bertz CT molecular complexity index is 1110. The summed E-state index contributed by atoms with van der Waals surface area (Å²) in [6.45, 7) is 3.23. The Kier molecular flexibility index (Phi) is 7.49. The van der Waals surface area contributed by atoms with Gasteiger partial charge in [-0.2, -0.15) is 5.10 Å². The number of nitrogens with zero attached hydrogens (tertiary/aromatic N) is 1. The molecule has 0 aliphatic heterocycles. The van der Waals surface area contributed by atoms with Gasteiger partial charge in [0.1, 0.15) is 29.3 Å². The monoisotopic (exact) mass is 460 g/mol. The maximum atomic E-state index is 13.4. The SMILES string of the molecule is CC(NC(=O)C(O)c1ccc(F)cc1)C(=O)Nc1cc(CC(C)c2cc(F)cc(F)c2)n[nH]1. The van der Waals surface area contributed by atoms with Gasteiger partial charge in [0, 0.05) is 12.1 Å². The first-order valence-corrected chi connectivity index (χ1v) is 10.2. The van der Waals surface area contributed by atoms with Crippen LogP contribution in [0.1, 0.15) is 42.7 Å². The van der Waals surface area contributed by atoms with Crippen molar-refractivity contribution in [2.75, 3.05) is 5.32 Å². The molecule has 4 N–H and O–H groups in total. The largest absolute Gasteiger partial charge is 0.378 e. The van der Waals surface area contributed by atoms with Crippen LogP contribution in [0.5, 0.6) is 0 Å². The Balaban J connectivity index is 1.55. The smallest absolute Gasteiger partial charge is 0.254 e. The first-order valence-electron chi connectivity index (χ1n) is 10.2. The number of rotatable bonds is 8. The van der Waals surface area contributed by atoms with Crippen LogP contribution in [0.25, 0.3) is 0 Å². The van der Waals surface area contributed by atoms with E-state index in [2.05, 4.69) is 20.8 Å². The van der Waals surface area contributed by atoms with Crippen LogP contribution < -0.4 is 10.6 Å². The molecule has 0 aliphatic rings. The number of nitrogens with one attached hydrogen (secondary N) is 3. The number of amides is 2. The molecular formula is C23H23F3N4O3. The minimum atomic E-state index is -1.56. The molecule has 33 heavy (non-hydrogen) atoms. The van der Waals surface area contributed by atoms with E-state index in [1.165, 1.54) is 31.2 Å². The topological polar surface area (TPSA) is 107 Å². The van der Waals surface area contributed by atoms with Crippen LogP contribution in [-0.2, 0) is 16.0 Å². The minimum Gasteiger partial charge on any atom is -0.378 e. The van der Waals surface area contributed by atoms with Crippen molar-refractivity contribution in [1.29, 1.82) is 0 Å². The third-order valence-corrected chi connectivity index (χ3v) is 5.04. The molecule has 0 saturated carbocycles. The molecule has 0 fully saturated rings. The van der Waals surface area contributed by atoms with E-state index in [0.29, 0.717) is 17.7 Å². The number of carbonyl (C=O) groups is 2. The van der Waals surface area contributed by atoms with Crippen molar-refractivity contribution >= 4 is 17.6 Å². The normalized spacial score (nSPS) is 13.8. The van der Waals surface area contributed by atoms with Gasteiger partial charge in [-0.05, 0) is 54.7 Å². The predicted octanol–water partition coefficient (Wildman–Crippen LogP) is 3.35. The number of benzene rings is 2. The summed E-state index contributed by atoms with van der Waals surface area (Å²) < 4.78 is 39.9. The van der Waals surface area contributed by atoms with Crippen LogP contribution in [0.4, 0.5) is 19.0 Å². The van der Waals surface area contributed by atoms with Gasteiger partial charge in [-0.1, -0.05) is 19.1 Å². The maximum absolute atomic E-state index is 13.4. The summed E-state index contributed by atoms with van der Waals surface area (Å²) in [6.07, 6.45) is -1.19. The number of aliphatic hydroxyl groups is 1. The molecule has 1 aromatic heterocycles. The minimum absolute atomic E-state index is 0.187. The van der Waals surface area contributed by atoms with Gasteiger partial charge in [0.2, 0.25) is 5.91 Å². The first kappa shape index (κ1) is 24.0. The lowest BCUT2D eigenvalue weighted by Crippen LogP contribution is -2.43. The summed E-state index contributed by atoms with van der Waals surface area (Å²) in [5.41, 5.74) is 1.23. The summed E-state index contributed by atoms with van der Waals surface area (Å²) in [4.78, 5) is 24.6. The number of hydrogen-bond donors (Lipinski definition) is 4. The lowest BCUT2D eigenvalue weighted by atomic mass is 9.96. The predicted molar refractivity (Wildman–Crippen MR) is 115 cm³/mol. The molecule has 3 unspecified atom stereocenters. The molecule has 2 aromatic carbocycles. The summed E-state index contributed by atoms with van der Waals surface area (Å²) in [5, 5.41) is 21.8. The van der Waals surface area contributed by atoms with E-state index < -0.39 is 41.4 Å². The standard InChI is InChI=1S/C23H23F3N4O3/c1-12(15-8-17(25)10-18(26)9-15)7-19-11-20(30-29-19)28-22(32)13(2)27-23(33)21(31)14-3-5-16(24)6-4-14/h3-6,8-13,21,31H,7H2,1-2H3,(H,27,33)(H2,28,29,30,32). The van der Waals surface area contributed by atoms with Gasteiger partial charge in [0.15, 0.2) is 6.10 Å². The zero-order chi connectivity index (χ0) is 24.1. The van der Waals surface area contributed by atoms with Crippen LogP contribution in [0, 0.1) is 17.5 Å². The van der Waals surface area contributed by atoms with E-state index in [9.17, 15) is 27.9 Å². The number of carbonyl (C=O) groups excluding carboxylic acids is 2. The molecule has 2 amide bonds. The van der Waals surface area contributed by atoms with E-state index in [1.54, 1.807) is 13.0 Å². The number of anilines is 1. The van der Waals surface area contributed by atoms with Crippen molar-refractivity contribution in [3.63, 3.8) is 0 Å². The average molecular weight is 460 g/mol. The molecule has 7 nitrogen and oxygen atoms in total. The van der Waals surface area contributed by atoms with Crippen LogP contribution in [0.15, 0.2) is 48.5 Å². The fourth-order valence-electron chi connectivity index (χ4n) is 3.22. The van der Waals surface area contributed by atoms with Gasteiger partial charge in [0.25, 0.3) is 5.91 Å². The molecule has 0 radical (unpaired) electrons. The van der Waals surface area contributed by atoms with Crippen LogP contribution >= 0.6 is 0 Å². The Hall–Kier alpha value is -3.66. The highest BCUT2D eigenvalue weighted by molar-refractivity contribution is 5.96. The molecular weight excluding hydrogens is 437 g/mol. The van der Waals surface area contributed by atoms with Gasteiger partial charge in [-0.3, -0.25) is 14.7 Å². The number of aromatic nitrogens is 2. The maximum Gasteiger partial charge on any atom is 0.254 e. The lowest BCUT2D eigenvalue weighted by Gasteiger charge is -2.16.